The van der Waals surface area contributed by atoms with Crippen LogP contribution in [0.4, 0.5) is 4.79 Å². The molecule has 0 unspecified atom stereocenters. The van der Waals surface area contributed by atoms with Gasteiger partial charge in [-0.3, -0.25) is 9.69 Å². The standard InChI is InChI=1S/C29H55N3O6Si2/c1-15-35-24(33)19-31-18-21(17-30)25-23(38-40(13,14)29(8,9)10)16-22(20-36-39(11,12)28(5,6)7)32(25)26(34)37-27(2,3)4/h18,22-23,25,31H,15-16,19-20H2,1-14H3/b21-18+/t22-,23+,25-/m0/s1. The van der Waals surface area contributed by atoms with Gasteiger partial charge in [0.1, 0.15) is 12.1 Å². The highest BCUT2D eigenvalue weighted by molar-refractivity contribution is 6.74. The van der Waals surface area contributed by atoms with Crippen LogP contribution in [-0.4, -0.2) is 77.1 Å². The third-order valence-electron chi connectivity index (χ3n) is 8.11. The van der Waals surface area contributed by atoms with Crippen LogP contribution in [-0.2, 0) is 23.1 Å². The second-order valence-electron chi connectivity index (χ2n) is 14.6. The molecule has 1 N–H and O–H groups in total. The van der Waals surface area contributed by atoms with Crippen molar-refractivity contribution in [3.05, 3.63) is 11.8 Å². The summed E-state index contributed by atoms with van der Waals surface area (Å²) in [5.74, 6) is -0.429. The molecule has 230 valence electrons. The largest absolute Gasteiger partial charge is 0.465 e. The lowest BCUT2D eigenvalue weighted by atomic mass is 10.0. The molecule has 1 aliphatic rings. The number of amides is 1. The number of ether oxygens (including phenoxy) is 2. The summed E-state index contributed by atoms with van der Waals surface area (Å²) in [5.41, 5.74) is -0.447. The van der Waals surface area contributed by atoms with E-state index in [9.17, 15) is 14.9 Å². The molecule has 0 aromatic carbocycles. The molecule has 0 bridgehead atoms. The zero-order chi connectivity index (χ0) is 31.3. The first-order chi connectivity index (χ1) is 18.0. The van der Waals surface area contributed by atoms with Crippen LogP contribution in [0.1, 0.15) is 75.7 Å². The second kappa shape index (κ2) is 13.4. The smallest absolute Gasteiger partial charge is 0.411 e. The molecule has 3 atom stereocenters. The van der Waals surface area contributed by atoms with E-state index in [2.05, 4.69) is 79.1 Å². The number of nitrogens with one attached hydrogen (secondary N) is 1. The Kier molecular flexibility index (Phi) is 12.1. The minimum Gasteiger partial charge on any atom is -0.465 e. The summed E-state index contributed by atoms with van der Waals surface area (Å²) in [4.78, 5) is 27.3. The van der Waals surface area contributed by atoms with E-state index in [-0.39, 0.29) is 34.8 Å². The van der Waals surface area contributed by atoms with Gasteiger partial charge in [0, 0.05) is 6.20 Å². The van der Waals surface area contributed by atoms with Gasteiger partial charge in [-0.2, -0.15) is 5.26 Å². The van der Waals surface area contributed by atoms with Crippen LogP contribution in [0.15, 0.2) is 11.8 Å². The lowest BCUT2D eigenvalue weighted by Crippen LogP contribution is -2.52. The molecule has 11 heteroatoms. The predicted octanol–water partition coefficient (Wildman–Crippen LogP) is 6.34. The number of nitrogens with zero attached hydrogens (tertiary/aromatic N) is 2. The van der Waals surface area contributed by atoms with Gasteiger partial charge in [0.2, 0.25) is 0 Å². The van der Waals surface area contributed by atoms with Gasteiger partial charge in [0.15, 0.2) is 16.6 Å². The minimum atomic E-state index is -2.30. The summed E-state index contributed by atoms with van der Waals surface area (Å²) in [6, 6.07) is 1.20. The lowest BCUT2D eigenvalue weighted by molar-refractivity contribution is -0.141. The number of rotatable bonds is 10. The van der Waals surface area contributed by atoms with Crippen LogP contribution in [0, 0.1) is 11.3 Å². The first kappa shape index (κ1) is 36.1. The number of hydrogen-bond acceptors (Lipinski definition) is 8. The third-order valence-corrected chi connectivity index (χ3v) is 17.1. The van der Waals surface area contributed by atoms with Crippen molar-refractivity contribution in [2.24, 2.45) is 0 Å². The quantitative estimate of drug-likeness (QED) is 0.177. The van der Waals surface area contributed by atoms with Crippen molar-refractivity contribution < 1.29 is 27.9 Å². The summed E-state index contributed by atoms with van der Waals surface area (Å²) < 4.78 is 24.4. The summed E-state index contributed by atoms with van der Waals surface area (Å²) in [6.07, 6.45) is 1.03. The van der Waals surface area contributed by atoms with Crippen LogP contribution < -0.4 is 5.32 Å². The van der Waals surface area contributed by atoms with Crippen LogP contribution in [0.5, 0.6) is 0 Å². The Morgan fingerprint density at radius 2 is 1.55 bits per heavy atom. The van der Waals surface area contributed by atoms with Gasteiger partial charge in [0.25, 0.3) is 0 Å². The van der Waals surface area contributed by atoms with Crippen LogP contribution in [0.2, 0.25) is 36.3 Å². The number of nitriles is 1. The van der Waals surface area contributed by atoms with E-state index < -0.39 is 46.4 Å². The topological polar surface area (TPSA) is 110 Å². The minimum absolute atomic E-state index is 0.00642. The van der Waals surface area contributed by atoms with Crippen LogP contribution in [0.3, 0.4) is 0 Å². The average molecular weight is 598 g/mol. The fourth-order valence-electron chi connectivity index (χ4n) is 3.82. The highest BCUT2D eigenvalue weighted by Gasteiger charge is 2.52. The third kappa shape index (κ3) is 9.89. The molecule has 1 fully saturated rings. The molecule has 0 aliphatic carbocycles. The molecule has 0 spiro atoms. The fraction of sp³-hybridized carbons (Fsp3) is 0.828. The van der Waals surface area contributed by atoms with Crippen molar-refractivity contribution in [3.8, 4) is 6.07 Å². The number of esters is 1. The van der Waals surface area contributed by atoms with Gasteiger partial charge in [0.05, 0.1) is 43.0 Å². The monoisotopic (exact) mass is 597 g/mol. The van der Waals surface area contributed by atoms with Crippen molar-refractivity contribution >= 4 is 28.7 Å². The molecule has 0 aromatic heterocycles. The maximum atomic E-state index is 13.8. The van der Waals surface area contributed by atoms with E-state index in [4.69, 9.17) is 18.3 Å². The summed E-state index contributed by atoms with van der Waals surface area (Å²) in [7, 11) is -4.44. The van der Waals surface area contributed by atoms with E-state index >= 15 is 0 Å². The van der Waals surface area contributed by atoms with Gasteiger partial charge in [-0.1, -0.05) is 41.5 Å². The van der Waals surface area contributed by atoms with Gasteiger partial charge in [-0.25, -0.2) is 4.79 Å². The molecule has 1 heterocycles. The average Bonchev–Trinajstić information content (AvgIpc) is 3.10. The van der Waals surface area contributed by atoms with Gasteiger partial charge in [-0.05, 0) is 70.4 Å². The molecule has 1 amide bonds. The number of hydrogen-bond donors (Lipinski definition) is 1. The van der Waals surface area contributed by atoms with Crippen molar-refractivity contribution in [2.75, 3.05) is 19.8 Å². The van der Waals surface area contributed by atoms with Gasteiger partial charge in [-0.15, -0.1) is 0 Å². The highest BCUT2D eigenvalue weighted by Crippen LogP contribution is 2.43. The normalized spacial score (nSPS) is 21.2. The van der Waals surface area contributed by atoms with E-state index in [1.54, 1.807) is 11.8 Å². The molecular formula is C29H55N3O6Si2. The Balaban J connectivity index is 3.61. The Bertz CT molecular complexity index is 955. The maximum Gasteiger partial charge on any atom is 0.411 e. The van der Waals surface area contributed by atoms with E-state index in [1.807, 2.05) is 20.8 Å². The van der Waals surface area contributed by atoms with E-state index in [1.165, 1.54) is 6.20 Å². The van der Waals surface area contributed by atoms with Crippen LogP contribution >= 0.6 is 0 Å². The Labute approximate surface area is 245 Å². The molecule has 0 saturated carbocycles. The summed E-state index contributed by atoms with van der Waals surface area (Å²) in [6.45, 7) is 29.4. The summed E-state index contributed by atoms with van der Waals surface area (Å²) in [5, 5.41) is 13.1. The van der Waals surface area contributed by atoms with Crippen molar-refractivity contribution in [3.63, 3.8) is 0 Å². The SMILES string of the molecule is CCOC(=O)CN/C=C(\C#N)[C@H]1[C@H](O[Si](C)(C)C(C)(C)C)C[C@@H](CO[Si](C)(C)C(C)(C)C)N1C(=O)OC(C)(C)C. The fourth-order valence-corrected chi connectivity index (χ4v) is 6.20. The molecular weight excluding hydrogens is 543 g/mol. The van der Waals surface area contributed by atoms with Crippen molar-refractivity contribution in [2.45, 2.75) is 136 Å². The van der Waals surface area contributed by atoms with E-state index in [0.29, 0.717) is 13.0 Å². The number of likely N-dealkylation sites (tertiary alicyclic amines) is 1. The molecule has 1 rings (SSSR count). The molecule has 0 radical (unpaired) electrons. The molecule has 1 saturated heterocycles. The molecule has 9 nitrogen and oxygen atoms in total. The predicted molar refractivity (Wildman–Crippen MR) is 164 cm³/mol. The number of carbonyl (C=O) groups excluding carboxylic acids is 2. The first-order valence-electron chi connectivity index (χ1n) is 14.3. The first-order valence-corrected chi connectivity index (χ1v) is 20.1. The van der Waals surface area contributed by atoms with Crippen molar-refractivity contribution in [1.29, 1.82) is 5.26 Å². The summed E-state index contributed by atoms with van der Waals surface area (Å²) >= 11 is 0. The maximum absolute atomic E-state index is 13.8. The van der Waals surface area contributed by atoms with Gasteiger partial charge < -0.3 is 23.6 Å². The Hall–Kier alpha value is -1.88. The Morgan fingerprint density at radius 1 is 1.00 bits per heavy atom. The highest BCUT2D eigenvalue weighted by atomic mass is 28.4. The van der Waals surface area contributed by atoms with Crippen molar-refractivity contribution in [1.82, 2.24) is 10.2 Å². The number of carbonyl (C=O) groups is 2. The molecule has 1 aliphatic heterocycles. The molecule has 0 aromatic rings. The molecule has 40 heavy (non-hydrogen) atoms. The second-order valence-corrected chi connectivity index (χ2v) is 24.2. The Morgan fingerprint density at radius 3 is 2.00 bits per heavy atom. The zero-order valence-corrected chi connectivity index (χ0v) is 29.5. The van der Waals surface area contributed by atoms with E-state index in [0.717, 1.165) is 0 Å². The zero-order valence-electron chi connectivity index (χ0n) is 27.5. The van der Waals surface area contributed by atoms with Gasteiger partial charge >= 0.3 is 12.1 Å². The van der Waals surface area contributed by atoms with Crippen LogP contribution in [0.25, 0.3) is 0 Å². The lowest BCUT2D eigenvalue weighted by Gasteiger charge is -2.40.